The minimum absolute atomic E-state index is 0.135. The Balaban J connectivity index is 1.36. The fourth-order valence-corrected chi connectivity index (χ4v) is 5.60. The first-order valence-corrected chi connectivity index (χ1v) is 13.4. The zero-order valence-corrected chi connectivity index (χ0v) is 21.9. The molecule has 190 valence electrons. The molecule has 1 N–H and O–H groups in total. The molecule has 3 heterocycles. The largest absolute Gasteiger partial charge is 0.438 e. The number of hydrogen-bond acceptors (Lipinski definition) is 6. The highest BCUT2D eigenvalue weighted by Crippen LogP contribution is 2.41. The molecule has 0 fully saturated rings. The topological polar surface area (TPSA) is 96.2 Å². The summed E-state index contributed by atoms with van der Waals surface area (Å²) in [7, 11) is 0. The molecule has 3 aromatic heterocycles. The van der Waals surface area contributed by atoms with Crippen LogP contribution in [0.2, 0.25) is 0 Å². The van der Waals surface area contributed by atoms with Crippen LogP contribution >= 0.6 is 11.8 Å². The molecule has 0 bridgehead atoms. The van der Waals surface area contributed by atoms with Crippen molar-refractivity contribution in [3.05, 3.63) is 103 Å². The van der Waals surface area contributed by atoms with Crippen molar-refractivity contribution in [1.29, 1.82) is 5.26 Å². The molecule has 0 aliphatic heterocycles. The third kappa shape index (κ3) is 4.54. The van der Waals surface area contributed by atoms with Gasteiger partial charge in [0, 0.05) is 11.1 Å². The number of nitrogens with zero attached hydrogens (tertiary/aromatic N) is 4. The molecule has 0 spiro atoms. The van der Waals surface area contributed by atoms with E-state index in [2.05, 4.69) is 21.6 Å². The highest BCUT2D eigenvalue weighted by Gasteiger charge is 2.27. The van der Waals surface area contributed by atoms with Gasteiger partial charge in [-0.05, 0) is 35.6 Å². The molecule has 7 nitrogen and oxygen atoms in total. The molecule has 0 saturated carbocycles. The molecule has 8 heteroatoms. The number of para-hydroxylation sites is 1. The first kappa shape index (κ1) is 24.5. The quantitative estimate of drug-likeness (QED) is 0.220. The Kier molecular flexibility index (Phi) is 6.57. The summed E-state index contributed by atoms with van der Waals surface area (Å²) in [5.74, 6) is 0.393. The highest BCUT2D eigenvalue weighted by molar-refractivity contribution is 8.00. The molecule has 0 aliphatic carbocycles. The Morgan fingerprint density at radius 3 is 2.36 bits per heavy atom. The van der Waals surface area contributed by atoms with E-state index in [0.717, 1.165) is 22.0 Å². The molecule has 1 unspecified atom stereocenters. The number of pyridine rings is 1. The molecule has 1 atom stereocenters. The average molecular weight is 530 g/mol. The standard InChI is InChI=1S/C31H23N5O2S/c1-2-25(39-31-35-34-26-18-17-20-11-9-10-16-24(20)36(26)31)29(37)33-30-23(19-32)27(21-12-5-3-6-13-21)28(38-30)22-14-7-4-8-15-22/h3-18,25H,2H2,1H3,(H,33,37). The van der Waals surface area contributed by atoms with Crippen LogP contribution in [0, 0.1) is 11.3 Å². The lowest BCUT2D eigenvalue weighted by atomic mass is 9.98. The van der Waals surface area contributed by atoms with Crippen molar-refractivity contribution < 1.29 is 9.21 Å². The fourth-order valence-electron chi connectivity index (χ4n) is 4.63. The monoisotopic (exact) mass is 529 g/mol. The normalized spacial score (nSPS) is 11.9. The van der Waals surface area contributed by atoms with E-state index in [-0.39, 0.29) is 17.4 Å². The van der Waals surface area contributed by atoms with Gasteiger partial charge in [0.2, 0.25) is 11.8 Å². The van der Waals surface area contributed by atoms with Crippen molar-refractivity contribution in [3.63, 3.8) is 0 Å². The van der Waals surface area contributed by atoms with E-state index < -0.39 is 5.25 Å². The maximum absolute atomic E-state index is 13.6. The Morgan fingerprint density at radius 1 is 0.949 bits per heavy atom. The molecule has 0 radical (unpaired) electrons. The number of benzene rings is 3. The number of nitriles is 1. The van der Waals surface area contributed by atoms with Gasteiger partial charge in [-0.2, -0.15) is 5.26 Å². The lowest BCUT2D eigenvalue weighted by molar-refractivity contribution is -0.115. The van der Waals surface area contributed by atoms with E-state index in [1.165, 1.54) is 11.8 Å². The maximum atomic E-state index is 13.6. The number of fused-ring (bicyclic) bond motifs is 3. The lowest BCUT2D eigenvalue weighted by Gasteiger charge is -2.13. The Hall–Kier alpha value is -4.87. The van der Waals surface area contributed by atoms with Crippen LogP contribution in [0.5, 0.6) is 0 Å². The average Bonchev–Trinajstić information content (AvgIpc) is 3.58. The van der Waals surface area contributed by atoms with Crippen LogP contribution in [0.1, 0.15) is 18.9 Å². The van der Waals surface area contributed by atoms with E-state index in [4.69, 9.17) is 4.42 Å². The number of hydrogen-bond donors (Lipinski definition) is 1. The van der Waals surface area contributed by atoms with Crippen molar-refractivity contribution in [2.45, 2.75) is 23.8 Å². The molecule has 39 heavy (non-hydrogen) atoms. The summed E-state index contributed by atoms with van der Waals surface area (Å²) in [4.78, 5) is 13.6. The van der Waals surface area contributed by atoms with Crippen molar-refractivity contribution >= 4 is 40.1 Å². The second kappa shape index (κ2) is 10.5. The summed E-state index contributed by atoms with van der Waals surface area (Å²) in [6.45, 7) is 1.94. The van der Waals surface area contributed by atoms with Crippen molar-refractivity contribution in [3.8, 4) is 28.5 Å². The van der Waals surface area contributed by atoms with E-state index in [0.29, 0.717) is 28.5 Å². The number of nitrogens with one attached hydrogen (secondary N) is 1. The first-order chi connectivity index (χ1) is 19.2. The predicted octanol–water partition coefficient (Wildman–Crippen LogP) is 7.19. The van der Waals surface area contributed by atoms with Crippen LogP contribution in [0.15, 0.2) is 107 Å². The van der Waals surface area contributed by atoms with E-state index in [9.17, 15) is 10.1 Å². The first-order valence-electron chi connectivity index (χ1n) is 12.6. The second-order valence-corrected chi connectivity index (χ2v) is 10.1. The molecular weight excluding hydrogens is 506 g/mol. The van der Waals surface area contributed by atoms with Crippen LogP contribution in [0.3, 0.4) is 0 Å². The molecule has 6 rings (SSSR count). The van der Waals surface area contributed by atoms with E-state index in [1.807, 2.05) is 108 Å². The van der Waals surface area contributed by atoms with Gasteiger partial charge in [-0.15, -0.1) is 10.2 Å². The van der Waals surface area contributed by atoms with Crippen molar-refractivity contribution in [2.75, 3.05) is 5.32 Å². The summed E-state index contributed by atoms with van der Waals surface area (Å²) in [6.07, 6.45) is 0.538. The number of anilines is 1. The van der Waals surface area contributed by atoms with Gasteiger partial charge in [0.05, 0.1) is 10.8 Å². The van der Waals surface area contributed by atoms with Crippen LogP contribution in [0.25, 0.3) is 39.0 Å². The van der Waals surface area contributed by atoms with Gasteiger partial charge in [-0.1, -0.05) is 97.5 Å². The van der Waals surface area contributed by atoms with Gasteiger partial charge in [0.1, 0.15) is 17.4 Å². The van der Waals surface area contributed by atoms with Crippen LogP contribution in [0.4, 0.5) is 5.88 Å². The van der Waals surface area contributed by atoms with E-state index in [1.54, 1.807) is 0 Å². The SMILES string of the molecule is CCC(Sc1nnc2ccc3ccccc3n12)C(=O)Nc1oc(-c2ccccc2)c(-c2ccccc2)c1C#N. The molecule has 3 aromatic carbocycles. The number of aromatic nitrogens is 3. The second-order valence-electron chi connectivity index (χ2n) is 8.93. The number of rotatable bonds is 7. The molecule has 1 amide bonds. The summed E-state index contributed by atoms with van der Waals surface area (Å²) in [5.41, 5.74) is 4.26. The molecular formula is C31H23N5O2S. The minimum atomic E-state index is -0.492. The Bertz CT molecular complexity index is 1840. The smallest absolute Gasteiger partial charge is 0.240 e. The number of carbonyl (C=O) groups excluding carboxylic acids is 1. The maximum Gasteiger partial charge on any atom is 0.240 e. The number of furan rings is 1. The van der Waals surface area contributed by atoms with Crippen LogP contribution in [-0.2, 0) is 4.79 Å². The third-order valence-electron chi connectivity index (χ3n) is 6.51. The Labute approximate surface area is 229 Å². The Morgan fingerprint density at radius 2 is 1.64 bits per heavy atom. The predicted molar refractivity (Wildman–Crippen MR) is 153 cm³/mol. The van der Waals surface area contributed by atoms with Gasteiger partial charge in [-0.25, -0.2) is 0 Å². The van der Waals surface area contributed by atoms with Gasteiger partial charge < -0.3 is 4.42 Å². The molecule has 6 aromatic rings. The van der Waals surface area contributed by atoms with Crippen LogP contribution < -0.4 is 5.32 Å². The van der Waals surface area contributed by atoms with Gasteiger partial charge >= 0.3 is 0 Å². The van der Waals surface area contributed by atoms with Crippen molar-refractivity contribution in [2.24, 2.45) is 0 Å². The van der Waals surface area contributed by atoms with Gasteiger partial charge in [0.25, 0.3) is 0 Å². The number of thioether (sulfide) groups is 1. The summed E-state index contributed by atoms with van der Waals surface area (Å²) in [5, 5.41) is 22.9. The van der Waals surface area contributed by atoms with Crippen LogP contribution in [-0.4, -0.2) is 25.8 Å². The molecule has 0 aliphatic rings. The van der Waals surface area contributed by atoms with Gasteiger partial charge in [-0.3, -0.25) is 14.5 Å². The van der Waals surface area contributed by atoms with Gasteiger partial charge in [0.15, 0.2) is 10.8 Å². The minimum Gasteiger partial charge on any atom is -0.438 e. The fraction of sp³-hybridized carbons (Fsp3) is 0.0968. The number of amides is 1. The lowest BCUT2D eigenvalue weighted by Crippen LogP contribution is -2.25. The summed E-state index contributed by atoms with van der Waals surface area (Å²) in [6, 6.07) is 33.3. The van der Waals surface area contributed by atoms with Crippen molar-refractivity contribution in [1.82, 2.24) is 14.6 Å². The zero-order chi connectivity index (χ0) is 26.8. The number of carbonyl (C=O) groups is 1. The zero-order valence-electron chi connectivity index (χ0n) is 21.0. The highest BCUT2D eigenvalue weighted by atomic mass is 32.2. The van der Waals surface area contributed by atoms with E-state index >= 15 is 0 Å². The summed E-state index contributed by atoms with van der Waals surface area (Å²) >= 11 is 1.34. The third-order valence-corrected chi connectivity index (χ3v) is 7.82. The summed E-state index contributed by atoms with van der Waals surface area (Å²) < 4.78 is 8.17. The molecule has 0 saturated heterocycles.